The van der Waals surface area contributed by atoms with Gasteiger partial charge in [-0.25, -0.2) is 4.39 Å². The van der Waals surface area contributed by atoms with Gasteiger partial charge in [-0.3, -0.25) is 0 Å². The maximum Gasteiger partial charge on any atom is 0.123 e. The second-order valence-electron chi connectivity index (χ2n) is 5.17. The van der Waals surface area contributed by atoms with E-state index in [-0.39, 0.29) is 11.9 Å². The lowest BCUT2D eigenvalue weighted by atomic mass is 10.0. The van der Waals surface area contributed by atoms with Gasteiger partial charge in [0.1, 0.15) is 5.82 Å². The summed E-state index contributed by atoms with van der Waals surface area (Å²) < 4.78 is 13.2. The average Bonchev–Trinajstić information content (AvgIpc) is 2.41. The van der Waals surface area contributed by atoms with Crippen molar-refractivity contribution in [1.29, 1.82) is 0 Å². The van der Waals surface area contributed by atoms with Gasteiger partial charge in [0, 0.05) is 17.1 Å². The van der Waals surface area contributed by atoms with Gasteiger partial charge in [0.05, 0.1) is 0 Å². The van der Waals surface area contributed by atoms with Crippen molar-refractivity contribution in [2.75, 3.05) is 0 Å². The molecule has 0 aliphatic rings. The molecule has 0 saturated carbocycles. The summed E-state index contributed by atoms with van der Waals surface area (Å²) in [7, 11) is 0. The minimum Gasteiger partial charge on any atom is -0.307 e. The number of nitrogens with one attached hydrogen (secondary N) is 1. The molecule has 0 fully saturated rings. The molecule has 0 aliphatic heterocycles. The van der Waals surface area contributed by atoms with Crippen molar-refractivity contribution in [3.8, 4) is 0 Å². The standard InChI is InChI=1S/C17H19ClFN/c1-12(10-14-6-8-16(18)9-7-14)20-13(2)15-4-3-5-17(19)11-15/h3-9,11-13,20H,10H2,1-2H3/t12?,13-/m1/s1. The number of hydrogen-bond acceptors (Lipinski definition) is 1. The Kier molecular flexibility index (Phi) is 5.16. The fourth-order valence-corrected chi connectivity index (χ4v) is 2.46. The summed E-state index contributed by atoms with van der Waals surface area (Å²) in [5.74, 6) is -0.193. The van der Waals surface area contributed by atoms with Crippen LogP contribution < -0.4 is 5.32 Å². The summed E-state index contributed by atoms with van der Waals surface area (Å²) in [6, 6.07) is 15.0. The van der Waals surface area contributed by atoms with E-state index in [4.69, 9.17) is 11.6 Å². The van der Waals surface area contributed by atoms with Crippen molar-refractivity contribution in [3.63, 3.8) is 0 Å². The number of halogens is 2. The molecule has 0 radical (unpaired) electrons. The average molecular weight is 292 g/mol. The molecule has 0 amide bonds. The Morgan fingerprint density at radius 1 is 1.10 bits per heavy atom. The lowest BCUT2D eigenvalue weighted by Gasteiger charge is -2.20. The summed E-state index contributed by atoms with van der Waals surface area (Å²) >= 11 is 5.88. The predicted molar refractivity (Wildman–Crippen MR) is 82.6 cm³/mol. The van der Waals surface area contributed by atoms with E-state index in [0.717, 1.165) is 17.0 Å². The van der Waals surface area contributed by atoms with Gasteiger partial charge < -0.3 is 5.32 Å². The highest BCUT2D eigenvalue weighted by molar-refractivity contribution is 6.30. The zero-order valence-corrected chi connectivity index (χ0v) is 12.5. The van der Waals surface area contributed by atoms with Crippen LogP contribution >= 0.6 is 11.6 Å². The summed E-state index contributed by atoms with van der Waals surface area (Å²) in [5.41, 5.74) is 2.20. The summed E-state index contributed by atoms with van der Waals surface area (Å²) in [4.78, 5) is 0. The van der Waals surface area contributed by atoms with Crippen molar-refractivity contribution in [2.24, 2.45) is 0 Å². The molecule has 20 heavy (non-hydrogen) atoms. The molecule has 1 N–H and O–H groups in total. The number of hydrogen-bond donors (Lipinski definition) is 1. The SMILES string of the molecule is CC(Cc1ccc(Cl)cc1)N[C@H](C)c1cccc(F)c1. The molecule has 2 atom stereocenters. The first kappa shape index (κ1) is 15.0. The molecule has 0 spiro atoms. The quantitative estimate of drug-likeness (QED) is 0.837. The molecule has 0 bridgehead atoms. The van der Waals surface area contributed by atoms with Gasteiger partial charge in [0.25, 0.3) is 0 Å². The van der Waals surface area contributed by atoms with Crippen molar-refractivity contribution in [2.45, 2.75) is 32.4 Å². The van der Waals surface area contributed by atoms with E-state index in [0.29, 0.717) is 6.04 Å². The Bertz CT molecular complexity index is 553. The normalized spacial score (nSPS) is 14.0. The number of benzene rings is 2. The smallest absolute Gasteiger partial charge is 0.123 e. The van der Waals surface area contributed by atoms with Crippen LogP contribution in [-0.2, 0) is 6.42 Å². The minimum absolute atomic E-state index is 0.119. The van der Waals surface area contributed by atoms with Gasteiger partial charge in [-0.2, -0.15) is 0 Å². The first-order valence-corrected chi connectivity index (χ1v) is 7.18. The molecule has 2 rings (SSSR count). The van der Waals surface area contributed by atoms with Crippen LogP contribution in [0.2, 0.25) is 5.02 Å². The Morgan fingerprint density at radius 2 is 1.80 bits per heavy atom. The van der Waals surface area contributed by atoms with E-state index in [1.54, 1.807) is 12.1 Å². The molecule has 106 valence electrons. The van der Waals surface area contributed by atoms with Crippen molar-refractivity contribution < 1.29 is 4.39 Å². The van der Waals surface area contributed by atoms with Gasteiger partial charge in [-0.05, 0) is 55.7 Å². The van der Waals surface area contributed by atoms with Gasteiger partial charge >= 0.3 is 0 Å². The maximum absolute atomic E-state index is 13.2. The van der Waals surface area contributed by atoms with Crippen LogP contribution in [0.25, 0.3) is 0 Å². The molecule has 3 heteroatoms. The van der Waals surface area contributed by atoms with Crippen molar-refractivity contribution in [1.82, 2.24) is 5.32 Å². The predicted octanol–water partition coefficient (Wildman–Crippen LogP) is 4.76. The zero-order chi connectivity index (χ0) is 14.5. The first-order valence-electron chi connectivity index (χ1n) is 6.80. The van der Waals surface area contributed by atoms with Gasteiger partial charge in [0.2, 0.25) is 0 Å². The lowest BCUT2D eigenvalue weighted by molar-refractivity contribution is 0.475. The van der Waals surface area contributed by atoms with Gasteiger partial charge in [-0.1, -0.05) is 35.9 Å². The van der Waals surface area contributed by atoms with E-state index in [9.17, 15) is 4.39 Å². The van der Waals surface area contributed by atoms with Crippen LogP contribution in [0.3, 0.4) is 0 Å². The van der Waals surface area contributed by atoms with Crippen LogP contribution in [0.4, 0.5) is 4.39 Å². The highest BCUT2D eigenvalue weighted by atomic mass is 35.5. The summed E-state index contributed by atoms with van der Waals surface area (Å²) in [6.07, 6.45) is 0.914. The van der Waals surface area contributed by atoms with E-state index < -0.39 is 0 Å². The Labute approximate surface area is 124 Å². The third-order valence-corrected chi connectivity index (χ3v) is 3.59. The molecule has 0 saturated heterocycles. The molecular formula is C17H19ClFN. The molecule has 0 aromatic heterocycles. The van der Waals surface area contributed by atoms with Crippen LogP contribution in [0.5, 0.6) is 0 Å². The third-order valence-electron chi connectivity index (χ3n) is 3.34. The van der Waals surface area contributed by atoms with E-state index in [1.807, 2.05) is 37.3 Å². The fraction of sp³-hybridized carbons (Fsp3) is 0.294. The first-order chi connectivity index (χ1) is 9.54. The van der Waals surface area contributed by atoms with Gasteiger partial charge in [0.15, 0.2) is 0 Å². The lowest BCUT2D eigenvalue weighted by Crippen LogP contribution is -2.30. The number of rotatable bonds is 5. The van der Waals surface area contributed by atoms with E-state index >= 15 is 0 Å². The summed E-state index contributed by atoms with van der Waals surface area (Å²) in [6.45, 7) is 4.18. The molecule has 1 unspecified atom stereocenters. The summed E-state index contributed by atoms with van der Waals surface area (Å²) in [5, 5.41) is 4.24. The highest BCUT2D eigenvalue weighted by Gasteiger charge is 2.10. The van der Waals surface area contributed by atoms with Crippen molar-refractivity contribution >= 4 is 11.6 Å². The monoisotopic (exact) mass is 291 g/mol. The maximum atomic E-state index is 13.2. The molecule has 2 aromatic rings. The Morgan fingerprint density at radius 3 is 2.45 bits per heavy atom. The Hall–Kier alpha value is -1.38. The fourth-order valence-electron chi connectivity index (χ4n) is 2.33. The molecule has 2 aromatic carbocycles. The van der Waals surface area contributed by atoms with Crippen LogP contribution in [0.15, 0.2) is 48.5 Å². The van der Waals surface area contributed by atoms with E-state index in [1.165, 1.54) is 11.6 Å². The minimum atomic E-state index is -0.193. The second-order valence-corrected chi connectivity index (χ2v) is 5.61. The van der Waals surface area contributed by atoms with Crippen LogP contribution in [0, 0.1) is 5.82 Å². The van der Waals surface area contributed by atoms with Crippen LogP contribution in [0.1, 0.15) is 31.0 Å². The molecular weight excluding hydrogens is 273 g/mol. The molecule has 0 aliphatic carbocycles. The zero-order valence-electron chi connectivity index (χ0n) is 11.7. The topological polar surface area (TPSA) is 12.0 Å². The molecule has 1 nitrogen and oxygen atoms in total. The third kappa shape index (κ3) is 4.32. The van der Waals surface area contributed by atoms with Crippen LogP contribution in [-0.4, -0.2) is 6.04 Å². The highest BCUT2D eigenvalue weighted by Crippen LogP contribution is 2.16. The second kappa shape index (κ2) is 6.87. The molecule has 0 heterocycles. The largest absolute Gasteiger partial charge is 0.307 e. The van der Waals surface area contributed by atoms with Gasteiger partial charge in [-0.15, -0.1) is 0 Å². The van der Waals surface area contributed by atoms with E-state index in [2.05, 4.69) is 12.2 Å². The van der Waals surface area contributed by atoms with Crippen molar-refractivity contribution in [3.05, 3.63) is 70.5 Å². The Balaban J connectivity index is 1.93.